The second kappa shape index (κ2) is 8.95. The standard InChI is InChI=1S/C12H20O4/c1-4-8-16-11(13)7-6-10(3)9-12(14)15-5-2/h9H,4-8H2,1-3H3/b10-9+. The summed E-state index contributed by atoms with van der Waals surface area (Å²) in [6.45, 7) is 6.31. The summed E-state index contributed by atoms with van der Waals surface area (Å²) in [4.78, 5) is 22.2. The fourth-order valence-electron chi connectivity index (χ4n) is 1.04. The average Bonchev–Trinajstić information content (AvgIpc) is 2.23. The lowest BCUT2D eigenvalue weighted by Crippen LogP contribution is -2.06. The van der Waals surface area contributed by atoms with E-state index in [1.165, 1.54) is 6.08 Å². The van der Waals surface area contributed by atoms with Gasteiger partial charge in [-0.25, -0.2) is 4.79 Å². The Morgan fingerprint density at radius 2 is 1.81 bits per heavy atom. The van der Waals surface area contributed by atoms with Gasteiger partial charge in [0.1, 0.15) is 0 Å². The van der Waals surface area contributed by atoms with Crippen molar-refractivity contribution in [3.05, 3.63) is 11.6 Å². The van der Waals surface area contributed by atoms with Crippen LogP contribution >= 0.6 is 0 Å². The summed E-state index contributed by atoms with van der Waals surface area (Å²) in [6, 6.07) is 0. The van der Waals surface area contributed by atoms with Gasteiger partial charge in [-0.3, -0.25) is 4.79 Å². The normalized spacial score (nSPS) is 11.1. The van der Waals surface area contributed by atoms with Gasteiger partial charge in [0.15, 0.2) is 0 Å². The highest BCUT2D eigenvalue weighted by Crippen LogP contribution is 2.05. The molecule has 0 heterocycles. The molecular formula is C12H20O4. The summed E-state index contributed by atoms with van der Waals surface area (Å²) < 4.78 is 9.66. The Labute approximate surface area is 96.6 Å². The first-order valence-electron chi connectivity index (χ1n) is 5.59. The van der Waals surface area contributed by atoms with Crippen LogP contribution in [0.1, 0.15) is 40.0 Å². The molecule has 0 atom stereocenters. The second-order valence-corrected chi connectivity index (χ2v) is 3.46. The van der Waals surface area contributed by atoms with Gasteiger partial charge in [-0.05, 0) is 26.7 Å². The molecule has 0 saturated heterocycles. The predicted molar refractivity (Wildman–Crippen MR) is 60.9 cm³/mol. The Morgan fingerprint density at radius 3 is 2.38 bits per heavy atom. The first-order valence-corrected chi connectivity index (χ1v) is 5.59. The van der Waals surface area contributed by atoms with Crippen LogP contribution in [0.3, 0.4) is 0 Å². The zero-order chi connectivity index (χ0) is 12.4. The van der Waals surface area contributed by atoms with Crippen molar-refractivity contribution in [2.45, 2.75) is 40.0 Å². The monoisotopic (exact) mass is 228 g/mol. The zero-order valence-corrected chi connectivity index (χ0v) is 10.2. The van der Waals surface area contributed by atoms with Crippen LogP contribution in [-0.2, 0) is 19.1 Å². The minimum atomic E-state index is -0.359. The molecular weight excluding hydrogens is 208 g/mol. The lowest BCUT2D eigenvalue weighted by molar-refractivity contribution is -0.143. The third kappa shape index (κ3) is 8.03. The Morgan fingerprint density at radius 1 is 1.12 bits per heavy atom. The molecule has 0 amide bonds. The summed E-state index contributed by atoms with van der Waals surface area (Å²) in [7, 11) is 0. The van der Waals surface area contributed by atoms with Crippen molar-refractivity contribution < 1.29 is 19.1 Å². The number of esters is 2. The minimum absolute atomic E-state index is 0.224. The van der Waals surface area contributed by atoms with E-state index in [-0.39, 0.29) is 11.9 Å². The van der Waals surface area contributed by atoms with Crippen LogP contribution in [0, 0.1) is 0 Å². The highest BCUT2D eigenvalue weighted by Gasteiger charge is 2.04. The van der Waals surface area contributed by atoms with Gasteiger partial charge in [0.25, 0.3) is 0 Å². The Hall–Kier alpha value is -1.32. The van der Waals surface area contributed by atoms with E-state index in [9.17, 15) is 9.59 Å². The van der Waals surface area contributed by atoms with Crippen LogP contribution in [0.5, 0.6) is 0 Å². The summed E-state index contributed by atoms with van der Waals surface area (Å²) in [5, 5.41) is 0. The third-order valence-electron chi connectivity index (χ3n) is 1.84. The van der Waals surface area contributed by atoms with E-state index in [1.54, 1.807) is 13.8 Å². The maximum Gasteiger partial charge on any atom is 0.330 e. The minimum Gasteiger partial charge on any atom is -0.466 e. The molecule has 0 aliphatic carbocycles. The van der Waals surface area contributed by atoms with Crippen LogP contribution in [0.4, 0.5) is 0 Å². The number of carbonyl (C=O) groups excluding carboxylic acids is 2. The van der Waals surface area contributed by atoms with E-state index in [4.69, 9.17) is 9.47 Å². The van der Waals surface area contributed by atoms with Gasteiger partial charge in [0.05, 0.1) is 13.2 Å². The van der Waals surface area contributed by atoms with E-state index >= 15 is 0 Å². The van der Waals surface area contributed by atoms with E-state index < -0.39 is 0 Å². The van der Waals surface area contributed by atoms with Crippen molar-refractivity contribution in [2.75, 3.05) is 13.2 Å². The smallest absolute Gasteiger partial charge is 0.330 e. The maximum atomic E-state index is 11.2. The number of ether oxygens (including phenoxy) is 2. The molecule has 0 radical (unpaired) electrons. The fraction of sp³-hybridized carbons (Fsp3) is 0.667. The molecule has 0 aromatic heterocycles. The molecule has 0 aliphatic rings. The van der Waals surface area contributed by atoms with Gasteiger partial charge >= 0.3 is 11.9 Å². The van der Waals surface area contributed by atoms with Gasteiger partial charge in [0.2, 0.25) is 0 Å². The van der Waals surface area contributed by atoms with Crippen LogP contribution in [0.15, 0.2) is 11.6 Å². The highest BCUT2D eigenvalue weighted by molar-refractivity contribution is 5.82. The molecule has 0 aliphatic heterocycles. The largest absolute Gasteiger partial charge is 0.466 e. The van der Waals surface area contributed by atoms with Crippen molar-refractivity contribution in [1.82, 2.24) is 0 Å². The number of hydrogen-bond acceptors (Lipinski definition) is 4. The average molecular weight is 228 g/mol. The Bertz CT molecular complexity index is 256. The third-order valence-corrected chi connectivity index (χ3v) is 1.84. The maximum absolute atomic E-state index is 11.2. The topological polar surface area (TPSA) is 52.6 Å². The molecule has 16 heavy (non-hydrogen) atoms. The highest BCUT2D eigenvalue weighted by atomic mass is 16.5. The predicted octanol–water partition coefficient (Wildman–Crippen LogP) is 2.23. The molecule has 0 saturated carbocycles. The molecule has 0 aromatic carbocycles. The van der Waals surface area contributed by atoms with Crippen molar-refractivity contribution in [2.24, 2.45) is 0 Å². The van der Waals surface area contributed by atoms with Crippen LogP contribution < -0.4 is 0 Å². The van der Waals surface area contributed by atoms with Crippen molar-refractivity contribution >= 4 is 11.9 Å². The number of carbonyl (C=O) groups is 2. The molecule has 0 N–H and O–H groups in total. The van der Waals surface area contributed by atoms with E-state index in [1.807, 2.05) is 6.92 Å². The summed E-state index contributed by atoms with van der Waals surface area (Å²) >= 11 is 0. The summed E-state index contributed by atoms with van der Waals surface area (Å²) in [6.07, 6.45) is 3.07. The first kappa shape index (κ1) is 14.7. The molecule has 0 aromatic rings. The molecule has 0 fully saturated rings. The molecule has 0 spiro atoms. The molecule has 4 heteroatoms. The SMILES string of the molecule is CCCOC(=O)CC/C(C)=C/C(=O)OCC. The van der Waals surface area contributed by atoms with Gasteiger partial charge in [-0.2, -0.15) is 0 Å². The molecule has 92 valence electrons. The van der Waals surface area contributed by atoms with E-state index in [0.29, 0.717) is 26.1 Å². The molecule has 4 nitrogen and oxygen atoms in total. The number of allylic oxidation sites excluding steroid dienone is 1. The molecule has 0 bridgehead atoms. The second-order valence-electron chi connectivity index (χ2n) is 3.46. The number of hydrogen-bond donors (Lipinski definition) is 0. The van der Waals surface area contributed by atoms with Gasteiger partial charge in [-0.1, -0.05) is 12.5 Å². The van der Waals surface area contributed by atoms with Crippen molar-refractivity contribution in [1.29, 1.82) is 0 Å². The zero-order valence-electron chi connectivity index (χ0n) is 10.2. The Balaban J connectivity index is 3.83. The summed E-state index contributed by atoms with van der Waals surface area (Å²) in [5.41, 5.74) is 0.826. The fourth-order valence-corrected chi connectivity index (χ4v) is 1.04. The van der Waals surface area contributed by atoms with E-state index in [2.05, 4.69) is 0 Å². The lowest BCUT2D eigenvalue weighted by Gasteiger charge is -2.03. The van der Waals surface area contributed by atoms with Crippen LogP contribution in [0.25, 0.3) is 0 Å². The molecule has 0 rings (SSSR count). The van der Waals surface area contributed by atoms with Gasteiger partial charge < -0.3 is 9.47 Å². The summed E-state index contributed by atoms with van der Waals surface area (Å²) in [5.74, 6) is -0.583. The lowest BCUT2D eigenvalue weighted by atomic mass is 10.1. The quantitative estimate of drug-likeness (QED) is 0.495. The number of rotatable bonds is 7. The Kier molecular flexibility index (Phi) is 8.21. The van der Waals surface area contributed by atoms with Crippen molar-refractivity contribution in [3.63, 3.8) is 0 Å². The van der Waals surface area contributed by atoms with Crippen LogP contribution in [-0.4, -0.2) is 25.2 Å². The van der Waals surface area contributed by atoms with Crippen LogP contribution in [0.2, 0.25) is 0 Å². The van der Waals surface area contributed by atoms with Gasteiger partial charge in [0, 0.05) is 12.5 Å². The molecule has 0 unspecified atom stereocenters. The van der Waals surface area contributed by atoms with Gasteiger partial charge in [-0.15, -0.1) is 0 Å². The first-order chi connectivity index (χ1) is 7.60. The van der Waals surface area contributed by atoms with E-state index in [0.717, 1.165) is 12.0 Å². The van der Waals surface area contributed by atoms with Crippen molar-refractivity contribution in [3.8, 4) is 0 Å².